The first kappa shape index (κ1) is 19.9. The van der Waals surface area contributed by atoms with Crippen molar-refractivity contribution in [1.29, 1.82) is 0 Å². The van der Waals surface area contributed by atoms with E-state index >= 15 is 0 Å². The van der Waals surface area contributed by atoms with Crippen molar-refractivity contribution in [1.82, 2.24) is 5.43 Å². The van der Waals surface area contributed by atoms with E-state index in [1.54, 1.807) is 21.3 Å². The third-order valence-electron chi connectivity index (χ3n) is 5.17. The Kier molecular flexibility index (Phi) is 6.29. The molecule has 0 spiro atoms. The van der Waals surface area contributed by atoms with Crippen molar-refractivity contribution in [3.63, 3.8) is 0 Å². The van der Waals surface area contributed by atoms with Crippen molar-refractivity contribution in [2.24, 2.45) is 5.10 Å². The zero-order valence-electron chi connectivity index (χ0n) is 17.3. The fourth-order valence-corrected chi connectivity index (χ4v) is 3.57. The molecule has 1 atom stereocenters. The van der Waals surface area contributed by atoms with Crippen LogP contribution in [-0.4, -0.2) is 40.1 Å². The Labute approximate surface area is 167 Å². The first-order valence-corrected chi connectivity index (χ1v) is 9.62. The van der Waals surface area contributed by atoms with Gasteiger partial charge in [-0.1, -0.05) is 12.1 Å². The number of ether oxygens (including phenoxy) is 3. The monoisotopic (exact) mass is 383 g/mol. The summed E-state index contributed by atoms with van der Waals surface area (Å²) in [7, 11) is 4.85. The van der Waals surface area contributed by atoms with Crippen LogP contribution in [0.5, 0.6) is 17.2 Å². The number of hydrogen-bond acceptors (Lipinski definition) is 6. The van der Waals surface area contributed by atoms with E-state index in [9.17, 15) is 0 Å². The lowest BCUT2D eigenvalue weighted by atomic mass is 9.98. The van der Waals surface area contributed by atoms with E-state index in [0.29, 0.717) is 17.2 Å². The van der Waals surface area contributed by atoms with Crippen LogP contribution in [0.3, 0.4) is 0 Å². The van der Waals surface area contributed by atoms with Crippen molar-refractivity contribution < 1.29 is 14.2 Å². The molecule has 0 aromatic heterocycles. The second kappa shape index (κ2) is 8.87. The molecule has 2 aromatic carbocycles. The summed E-state index contributed by atoms with van der Waals surface area (Å²) in [6.07, 6.45) is 0.795. The van der Waals surface area contributed by atoms with Crippen LogP contribution in [0.4, 0.5) is 5.69 Å². The molecule has 0 saturated heterocycles. The highest BCUT2D eigenvalue weighted by Crippen LogP contribution is 2.39. The van der Waals surface area contributed by atoms with Crippen molar-refractivity contribution >= 4 is 11.4 Å². The molecule has 1 unspecified atom stereocenters. The molecule has 0 fully saturated rings. The Morgan fingerprint density at radius 2 is 1.57 bits per heavy atom. The van der Waals surface area contributed by atoms with Gasteiger partial charge < -0.3 is 24.5 Å². The Bertz CT molecular complexity index is 804. The van der Waals surface area contributed by atoms with E-state index in [4.69, 9.17) is 14.2 Å². The normalized spacial score (nSPS) is 15.6. The van der Waals surface area contributed by atoms with E-state index in [0.717, 1.165) is 30.8 Å². The first-order valence-electron chi connectivity index (χ1n) is 9.62. The van der Waals surface area contributed by atoms with Crippen molar-refractivity contribution in [2.75, 3.05) is 39.3 Å². The van der Waals surface area contributed by atoms with Crippen molar-refractivity contribution in [3.8, 4) is 17.2 Å². The number of methoxy groups -OCH3 is 3. The standard InChI is InChI=1S/C22H29N3O3/c1-6-25(7-2)17-10-8-15(9-11-17)18-14-19(24-23-18)16-12-20(26-3)22(28-5)21(13-16)27-4/h8-13,18,23H,6-7,14H2,1-5H3. The van der Waals surface area contributed by atoms with Gasteiger partial charge >= 0.3 is 0 Å². The van der Waals surface area contributed by atoms with Gasteiger partial charge in [0.15, 0.2) is 11.5 Å². The Morgan fingerprint density at radius 3 is 2.07 bits per heavy atom. The summed E-state index contributed by atoms with van der Waals surface area (Å²) < 4.78 is 16.3. The maximum absolute atomic E-state index is 5.46. The van der Waals surface area contributed by atoms with E-state index in [-0.39, 0.29) is 6.04 Å². The molecule has 0 aliphatic carbocycles. The van der Waals surface area contributed by atoms with Gasteiger partial charge in [-0.05, 0) is 43.7 Å². The average molecular weight is 383 g/mol. The fraction of sp³-hybridized carbons (Fsp3) is 0.409. The third kappa shape index (κ3) is 3.86. The van der Waals surface area contributed by atoms with Gasteiger partial charge in [0.05, 0.1) is 33.1 Å². The molecule has 28 heavy (non-hydrogen) atoms. The number of benzene rings is 2. The minimum atomic E-state index is 0.153. The Hall–Kier alpha value is -2.89. The molecule has 0 bridgehead atoms. The number of hydrazone groups is 1. The fourth-order valence-electron chi connectivity index (χ4n) is 3.57. The maximum Gasteiger partial charge on any atom is 0.203 e. The lowest BCUT2D eigenvalue weighted by Crippen LogP contribution is -2.21. The van der Waals surface area contributed by atoms with E-state index in [1.165, 1.54) is 11.3 Å². The molecule has 6 heteroatoms. The van der Waals surface area contributed by atoms with E-state index in [1.807, 2.05) is 12.1 Å². The molecular formula is C22H29N3O3. The lowest BCUT2D eigenvalue weighted by Gasteiger charge is -2.21. The molecule has 1 aliphatic heterocycles. The van der Waals surface area contributed by atoms with Gasteiger partial charge in [0.1, 0.15) is 0 Å². The molecule has 1 heterocycles. The first-order chi connectivity index (χ1) is 13.6. The summed E-state index contributed by atoms with van der Waals surface area (Å²) in [4.78, 5) is 2.34. The summed E-state index contributed by atoms with van der Waals surface area (Å²) >= 11 is 0. The summed E-state index contributed by atoms with van der Waals surface area (Å²) in [5.41, 5.74) is 7.67. The number of hydrogen-bond donors (Lipinski definition) is 1. The smallest absolute Gasteiger partial charge is 0.203 e. The second-order valence-corrected chi connectivity index (χ2v) is 6.62. The number of rotatable bonds is 8. The minimum Gasteiger partial charge on any atom is -0.493 e. The Morgan fingerprint density at radius 1 is 0.964 bits per heavy atom. The van der Waals surface area contributed by atoms with Gasteiger partial charge in [-0.25, -0.2) is 0 Å². The molecule has 0 radical (unpaired) electrons. The number of nitrogens with one attached hydrogen (secondary N) is 1. The van der Waals surface area contributed by atoms with E-state index in [2.05, 4.69) is 53.5 Å². The van der Waals surface area contributed by atoms with E-state index < -0.39 is 0 Å². The average Bonchev–Trinajstić information content (AvgIpc) is 3.24. The lowest BCUT2D eigenvalue weighted by molar-refractivity contribution is 0.324. The van der Waals surface area contributed by atoms with Gasteiger partial charge in [-0.3, -0.25) is 0 Å². The van der Waals surface area contributed by atoms with Gasteiger partial charge in [0.2, 0.25) is 5.75 Å². The van der Waals surface area contributed by atoms with Gasteiger partial charge in [0, 0.05) is 30.8 Å². The summed E-state index contributed by atoms with van der Waals surface area (Å²) in [6, 6.07) is 12.8. The zero-order chi connectivity index (χ0) is 20.1. The van der Waals surface area contributed by atoms with Crippen LogP contribution in [0, 0.1) is 0 Å². The topological polar surface area (TPSA) is 55.3 Å². The van der Waals surface area contributed by atoms with Crippen LogP contribution >= 0.6 is 0 Å². The van der Waals surface area contributed by atoms with Crippen LogP contribution in [0.25, 0.3) is 0 Å². The SMILES string of the molecule is CCN(CC)c1ccc(C2CC(c3cc(OC)c(OC)c(OC)c3)=NN2)cc1. The number of anilines is 1. The predicted molar refractivity (Wildman–Crippen MR) is 113 cm³/mol. The molecule has 0 saturated carbocycles. The molecule has 150 valence electrons. The highest BCUT2D eigenvalue weighted by atomic mass is 16.5. The molecule has 1 N–H and O–H groups in total. The second-order valence-electron chi connectivity index (χ2n) is 6.62. The predicted octanol–water partition coefficient (Wildman–Crippen LogP) is 4.00. The van der Waals surface area contributed by atoms with Gasteiger partial charge in [-0.15, -0.1) is 0 Å². The van der Waals surface area contributed by atoms with Crippen LogP contribution in [0.15, 0.2) is 41.5 Å². The highest BCUT2D eigenvalue weighted by molar-refractivity contribution is 6.02. The quantitative estimate of drug-likeness (QED) is 0.747. The number of nitrogens with zero attached hydrogens (tertiary/aromatic N) is 2. The molecule has 2 aromatic rings. The maximum atomic E-state index is 5.46. The van der Waals surface area contributed by atoms with Crippen LogP contribution in [0.2, 0.25) is 0 Å². The summed E-state index contributed by atoms with van der Waals surface area (Å²) in [5.74, 6) is 1.85. The minimum absolute atomic E-state index is 0.153. The summed E-state index contributed by atoms with van der Waals surface area (Å²) in [5, 5.41) is 4.56. The molecule has 6 nitrogen and oxygen atoms in total. The largest absolute Gasteiger partial charge is 0.493 e. The molecule has 3 rings (SSSR count). The van der Waals surface area contributed by atoms with Crippen LogP contribution in [0.1, 0.15) is 37.4 Å². The van der Waals surface area contributed by atoms with Gasteiger partial charge in [-0.2, -0.15) is 5.10 Å². The van der Waals surface area contributed by atoms with Crippen LogP contribution in [-0.2, 0) is 0 Å². The van der Waals surface area contributed by atoms with Gasteiger partial charge in [0.25, 0.3) is 0 Å². The van der Waals surface area contributed by atoms with Crippen LogP contribution < -0.4 is 24.5 Å². The summed E-state index contributed by atoms with van der Waals surface area (Å²) in [6.45, 7) is 6.36. The Balaban J connectivity index is 1.78. The van der Waals surface area contributed by atoms with Crippen molar-refractivity contribution in [3.05, 3.63) is 47.5 Å². The van der Waals surface area contributed by atoms with Crippen molar-refractivity contribution in [2.45, 2.75) is 26.3 Å². The molecule has 1 aliphatic rings. The highest BCUT2D eigenvalue weighted by Gasteiger charge is 2.24. The molecule has 0 amide bonds. The zero-order valence-corrected chi connectivity index (χ0v) is 17.3. The third-order valence-corrected chi connectivity index (χ3v) is 5.17. The molecular weight excluding hydrogens is 354 g/mol.